The van der Waals surface area contributed by atoms with Crippen LogP contribution in [0, 0.1) is 11.7 Å². The fourth-order valence-corrected chi connectivity index (χ4v) is 5.92. The van der Waals surface area contributed by atoms with Gasteiger partial charge in [0.25, 0.3) is 0 Å². The molecule has 2 aromatic rings. The molecular weight excluding hydrogens is 505 g/mol. The number of urea groups is 1. The number of likely N-dealkylation sites (N-methyl/N-ethyl adjacent to an activating group) is 1. The van der Waals surface area contributed by atoms with Crippen molar-refractivity contribution in [1.82, 2.24) is 25.1 Å². The van der Waals surface area contributed by atoms with Gasteiger partial charge in [-0.05, 0) is 29.2 Å². The summed E-state index contributed by atoms with van der Waals surface area (Å²) in [6, 6.07) is 15.2. The monoisotopic (exact) mass is 541 g/mol. The van der Waals surface area contributed by atoms with Gasteiger partial charge in [0.05, 0.1) is 13.1 Å². The topological polar surface area (TPSA) is 76.2 Å². The summed E-state index contributed by atoms with van der Waals surface area (Å²) in [6.07, 6.45) is 0.126. The number of carbonyl (C=O) groups is 3. The minimum absolute atomic E-state index is 0.00755. The lowest BCUT2D eigenvalue weighted by Gasteiger charge is -2.55. The Morgan fingerprint density at radius 3 is 2.50 bits per heavy atom. The number of hydrazine groups is 1. The van der Waals surface area contributed by atoms with E-state index in [0.717, 1.165) is 23.5 Å². The van der Waals surface area contributed by atoms with Crippen LogP contribution in [0.25, 0.3) is 0 Å². The lowest BCUT2D eigenvalue weighted by Crippen LogP contribution is -2.76. The Labute approximate surface area is 228 Å². The van der Waals surface area contributed by atoms with Crippen molar-refractivity contribution in [3.63, 3.8) is 0 Å². The van der Waals surface area contributed by atoms with Crippen molar-refractivity contribution in [3.8, 4) is 0 Å². The Hall–Kier alpha value is -3.11. The molecule has 0 saturated carbocycles. The summed E-state index contributed by atoms with van der Waals surface area (Å²) in [5, 5.41) is 6.07. The maximum Gasteiger partial charge on any atom is 0.334 e. The Morgan fingerprint density at radius 1 is 1.11 bits per heavy atom. The van der Waals surface area contributed by atoms with Crippen molar-refractivity contribution in [2.24, 2.45) is 5.92 Å². The lowest BCUT2D eigenvalue weighted by atomic mass is 9.92. The summed E-state index contributed by atoms with van der Waals surface area (Å²) >= 11 is 1.76. The van der Waals surface area contributed by atoms with Crippen molar-refractivity contribution in [2.75, 3.05) is 32.4 Å². The molecule has 0 spiro atoms. The average Bonchev–Trinajstić information content (AvgIpc) is 2.91. The largest absolute Gasteiger partial charge is 0.336 e. The predicted molar refractivity (Wildman–Crippen MR) is 146 cm³/mol. The van der Waals surface area contributed by atoms with Gasteiger partial charge in [-0.3, -0.25) is 9.59 Å². The molecule has 1 unspecified atom stereocenters. The third-order valence-electron chi connectivity index (χ3n) is 7.24. The summed E-state index contributed by atoms with van der Waals surface area (Å²) in [6.45, 7) is 5.01. The zero-order valence-electron chi connectivity index (χ0n) is 22.2. The fourth-order valence-electron chi connectivity index (χ4n) is 5.00. The number of carbonyl (C=O) groups excluding carboxylic acids is 3. The fraction of sp³-hybridized carbons (Fsp3) is 0.464. The van der Waals surface area contributed by atoms with E-state index in [0.29, 0.717) is 6.54 Å². The van der Waals surface area contributed by atoms with Crippen LogP contribution in [-0.4, -0.2) is 82.3 Å². The van der Waals surface area contributed by atoms with Crippen LogP contribution in [0.3, 0.4) is 0 Å². The van der Waals surface area contributed by atoms with Gasteiger partial charge in [-0.2, -0.15) is 11.8 Å². The van der Waals surface area contributed by atoms with Gasteiger partial charge < -0.3 is 15.1 Å². The second-order valence-electron chi connectivity index (χ2n) is 9.88. The summed E-state index contributed by atoms with van der Waals surface area (Å²) < 4.78 is 13.3. The quantitative estimate of drug-likeness (QED) is 0.492. The van der Waals surface area contributed by atoms with Crippen LogP contribution in [0.1, 0.15) is 31.4 Å². The molecule has 10 heteroatoms. The Kier molecular flexibility index (Phi) is 9.27. The third-order valence-corrected chi connectivity index (χ3v) is 8.25. The molecule has 2 aliphatic heterocycles. The summed E-state index contributed by atoms with van der Waals surface area (Å²) in [4.78, 5) is 43.7. The molecule has 1 N–H and O–H groups in total. The molecule has 0 bridgehead atoms. The Balaban J connectivity index is 1.49. The van der Waals surface area contributed by atoms with E-state index in [2.05, 4.69) is 17.4 Å². The van der Waals surface area contributed by atoms with Crippen LogP contribution in [0.4, 0.5) is 9.18 Å². The van der Waals surface area contributed by atoms with Gasteiger partial charge >= 0.3 is 6.03 Å². The number of rotatable bonds is 9. The second kappa shape index (κ2) is 12.6. The highest BCUT2D eigenvalue weighted by Crippen LogP contribution is 2.30. The van der Waals surface area contributed by atoms with E-state index in [1.165, 1.54) is 17.7 Å². The number of hydrogen-bond donors (Lipinski definition) is 1. The number of thioether (sulfide) groups is 1. The average molecular weight is 542 g/mol. The van der Waals surface area contributed by atoms with Crippen molar-refractivity contribution in [1.29, 1.82) is 0 Å². The molecule has 8 nitrogen and oxygen atoms in total. The van der Waals surface area contributed by atoms with Crippen LogP contribution >= 0.6 is 11.8 Å². The standard InChI is InChI=1S/C28H36FN5O3S/c1-4-20(2)26-27(36)32(14-15-38-19-22-8-6-5-7-9-22)17-24-33(26)25(35)18-31(3)34(24)28(37)30-16-21-10-12-23(29)13-11-21/h5-13,20,24,26H,4,14-19H2,1-3H3,(H,30,37)/t20?,24-,26-/m0/s1. The molecule has 3 atom stereocenters. The molecule has 0 radical (unpaired) electrons. The highest BCUT2D eigenvalue weighted by Gasteiger charge is 2.51. The number of amides is 4. The predicted octanol–water partition coefficient (Wildman–Crippen LogP) is 3.54. The second-order valence-corrected chi connectivity index (χ2v) is 11.0. The van der Waals surface area contributed by atoms with Crippen molar-refractivity contribution < 1.29 is 18.8 Å². The smallest absolute Gasteiger partial charge is 0.334 e. The van der Waals surface area contributed by atoms with Crippen LogP contribution in [0.15, 0.2) is 54.6 Å². The van der Waals surface area contributed by atoms with Gasteiger partial charge in [0.1, 0.15) is 18.0 Å². The molecule has 2 saturated heterocycles. The molecule has 2 aliphatic rings. The van der Waals surface area contributed by atoms with Gasteiger partial charge in [-0.15, -0.1) is 0 Å². The Morgan fingerprint density at radius 2 is 1.82 bits per heavy atom. The number of nitrogens with one attached hydrogen (secondary N) is 1. The van der Waals surface area contributed by atoms with Crippen molar-refractivity contribution in [3.05, 3.63) is 71.5 Å². The maximum absolute atomic E-state index is 13.6. The summed E-state index contributed by atoms with van der Waals surface area (Å²) in [5.74, 6) is 1.00. The van der Waals surface area contributed by atoms with E-state index >= 15 is 0 Å². The minimum Gasteiger partial charge on any atom is -0.336 e. The molecule has 2 fully saturated rings. The lowest BCUT2D eigenvalue weighted by molar-refractivity contribution is -0.190. The number of halogens is 1. The number of hydrogen-bond acceptors (Lipinski definition) is 5. The van der Waals surface area contributed by atoms with Crippen LogP contribution in [-0.2, 0) is 21.9 Å². The number of benzene rings is 2. The summed E-state index contributed by atoms with van der Waals surface area (Å²) in [5.41, 5.74) is 2.00. The molecule has 0 aromatic heterocycles. The summed E-state index contributed by atoms with van der Waals surface area (Å²) in [7, 11) is 1.71. The first-order chi connectivity index (χ1) is 18.3. The highest BCUT2D eigenvalue weighted by atomic mass is 32.2. The minimum atomic E-state index is -0.619. The molecule has 4 amide bonds. The van der Waals surface area contributed by atoms with E-state index in [1.54, 1.807) is 45.9 Å². The van der Waals surface area contributed by atoms with E-state index in [4.69, 9.17) is 0 Å². The van der Waals surface area contributed by atoms with Crippen LogP contribution in [0.5, 0.6) is 0 Å². The highest BCUT2D eigenvalue weighted by molar-refractivity contribution is 7.98. The van der Waals surface area contributed by atoms with Gasteiger partial charge in [0, 0.05) is 31.6 Å². The first kappa shape index (κ1) is 27.9. The number of fused-ring (bicyclic) bond motifs is 1. The maximum atomic E-state index is 13.6. The van der Waals surface area contributed by atoms with Gasteiger partial charge in [-0.1, -0.05) is 62.7 Å². The van der Waals surface area contributed by atoms with E-state index in [1.807, 2.05) is 36.9 Å². The van der Waals surface area contributed by atoms with Crippen LogP contribution in [0.2, 0.25) is 0 Å². The molecule has 2 heterocycles. The van der Waals surface area contributed by atoms with Crippen molar-refractivity contribution >= 4 is 29.6 Å². The van der Waals surface area contributed by atoms with E-state index < -0.39 is 12.2 Å². The zero-order chi connectivity index (χ0) is 27.2. The molecular formula is C28H36FN5O3S. The molecule has 0 aliphatic carbocycles. The number of piperazine rings is 1. The van der Waals surface area contributed by atoms with Crippen LogP contribution < -0.4 is 5.32 Å². The van der Waals surface area contributed by atoms with Gasteiger partial charge in [-0.25, -0.2) is 19.2 Å². The Bertz CT molecular complexity index is 1120. The van der Waals surface area contributed by atoms with Crippen molar-refractivity contribution in [2.45, 2.75) is 44.8 Å². The first-order valence-electron chi connectivity index (χ1n) is 13.0. The molecule has 204 valence electrons. The molecule has 38 heavy (non-hydrogen) atoms. The van der Waals surface area contributed by atoms with Gasteiger partial charge in [0.2, 0.25) is 11.8 Å². The van der Waals surface area contributed by atoms with Gasteiger partial charge in [0.15, 0.2) is 0 Å². The normalized spacial score (nSPS) is 20.9. The van der Waals surface area contributed by atoms with E-state index in [9.17, 15) is 18.8 Å². The van der Waals surface area contributed by atoms with E-state index in [-0.39, 0.29) is 49.2 Å². The molecule has 4 rings (SSSR count). The number of nitrogens with zero attached hydrogens (tertiary/aromatic N) is 4. The SMILES string of the molecule is CCC(C)[C@H]1C(=O)N(CCSCc2ccccc2)C[C@H]2N1C(=O)CN(C)N2C(=O)NCc1ccc(F)cc1. The first-order valence-corrected chi connectivity index (χ1v) is 14.2. The third kappa shape index (κ3) is 6.30. The molecule has 2 aromatic carbocycles. The zero-order valence-corrected chi connectivity index (χ0v) is 23.0.